The second-order valence-electron chi connectivity index (χ2n) is 4.52. The molecule has 0 fully saturated rings. The number of methoxy groups -OCH3 is 1. The monoisotopic (exact) mass is 371 g/mol. The van der Waals surface area contributed by atoms with E-state index in [0.29, 0.717) is 15.2 Å². The van der Waals surface area contributed by atoms with Gasteiger partial charge in [0.1, 0.15) is 11.6 Å². The predicted molar refractivity (Wildman–Crippen MR) is 87.6 cm³/mol. The summed E-state index contributed by atoms with van der Waals surface area (Å²) in [5.74, 6) is 0.400. The molecule has 0 aromatic heterocycles. The zero-order valence-electron chi connectivity index (χ0n) is 11.8. The van der Waals surface area contributed by atoms with Gasteiger partial charge in [0.25, 0.3) is 0 Å². The highest BCUT2D eigenvalue weighted by molar-refractivity contribution is 9.10. The number of rotatable bonds is 5. The van der Waals surface area contributed by atoms with E-state index in [-0.39, 0.29) is 11.9 Å². The molecular formula is C16H16BrClFNO. The van der Waals surface area contributed by atoms with Crippen LogP contribution < -0.4 is 10.1 Å². The lowest BCUT2D eigenvalue weighted by Gasteiger charge is -2.22. The Bertz CT molecular complexity index is 636. The van der Waals surface area contributed by atoms with E-state index in [1.807, 2.05) is 25.1 Å². The van der Waals surface area contributed by atoms with Crippen molar-refractivity contribution >= 4 is 27.5 Å². The molecule has 0 aliphatic rings. The average Bonchev–Trinajstić information content (AvgIpc) is 2.48. The van der Waals surface area contributed by atoms with Crippen LogP contribution in [0.4, 0.5) is 4.39 Å². The maximum absolute atomic E-state index is 13.8. The van der Waals surface area contributed by atoms with Crippen molar-refractivity contribution in [2.75, 3.05) is 13.7 Å². The zero-order chi connectivity index (χ0) is 15.4. The summed E-state index contributed by atoms with van der Waals surface area (Å²) < 4.78 is 19.4. The lowest BCUT2D eigenvalue weighted by molar-refractivity contribution is 0.414. The van der Waals surface area contributed by atoms with Crippen LogP contribution in [0.2, 0.25) is 5.02 Å². The molecule has 0 aliphatic heterocycles. The van der Waals surface area contributed by atoms with Gasteiger partial charge in [-0.1, -0.05) is 36.7 Å². The summed E-state index contributed by atoms with van der Waals surface area (Å²) in [6.45, 7) is 2.73. The van der Waals surface area contributed by atoms with Crippen LogP contribution in [0.3, 0.4) is 0 Å². The molecule has 1 unspecified atom stereocenters. The van der Waals surface area contributed by atoms with Crippen LogP contribution in [0, 0.1) is 5.82 Å². The highest BCUT2D eigenvalue weighted by Gasteiger charge is 2.20. The Balaban J connectivity index is 2.51. The molecular weight excluding hydrogens is 357 g/mol. The van der Waals surface area contributed by atoms with Crippen molar-refractivity contribution in [3.05, 3.63) is 62.8 Å². The Morgan fingerprint density at radius 3 is 2.67 bits per heavy atom. The van der Waals surface area contributed by atoms with Gasteiger partial charge in [-0.15, -0.1) is 0 Å². The predicted octanol–water partition coefficient (Wildman–Crippen LogP) is 4.95. The van der Waals surface area contributed by atoms with Crippen LogP contribution in [-0.4, -0.2) is 13.7 Å². The largest absolute Gasteiger partial charge is 0.497 e. The van der Waals surface area contributed by atoms with Gasteiger partial charge in [0.2, 0.25) is 0 Å². The highest BCUT2D eigenvalue weighted by atomic mass is 79.9. The second-order valence-corrected chi connectivity index (χ2v) is 5.72. The molecule has 21 heavy (non-hydrogen) atoms. The minimum Gasteiger partial charge on any atom is -0.497 e. The Morgan fingerprint density at radius 2 is 2.05 bits per heavy atom. The van der Waals surface area contributed by atoms with E-state index in [2.05, 4.69) is 21.2 Å². The minimum absolute atomic E-state index is 0.196. The smallest absolute Gasteiger partial charge is 0.137 e. The third-order valence-electron chi connectivity index (χ3n) is 3.22. The van der Waals surface area contributed by atoms with E-state index in [4.69, 9.17) is 16.3 Å². The third-order valence-corrected chi connectivity index (χ3v) is 4.38. The number of ether oxygens (including phenoxy) is 1. The number of hydrogen-bond acceptors (Lipinski definition) is 2. The lowest BCUT2D eigenvalue weighted by Crippen LogP contribution is -2.23. The van der Waals surface area contributed by atoms with E-state index >= 15 is 0 Å². The molecule has 1 N–H and O–H groups in total. The number of benzene rings is 2. The topological polar surface area (TPSA) is 21.3 Å². The second kappa shape index (κ2) is 7.25. The molecule has 1 atom stereocenters. The molecule has 112 valence electrons. The molecule has 0 spiro atoms. The standard InChI is InChI=1S/C16H16BrClFNO/c1-3-20-16(12-5-4-6-14(19)15(12)17)11-8-7-10(21-2)9-13(11)18/h4-9,16,20H,3H2,1-2H3. The first-order chi connectivity index (χ1) is 10.1. The molecule has 0 bridgehead atoms. The molecule has 2 nitrogen and oxygen atoms in total. The van der Waals surface area contributed by atoms with Gasteiger partial charge in [0.05, 0.1) is 17.6 Å². The first-order valence-electron chi connectivity index (χ1n) is 6.59. The van der Waals surface area contributed by atoms with E-state index < -0.39 is 0 Å². The SMILES string of the molecule is CCNC(c1ccc(OC)cc1Cl)c1cccc(F)c1Br. The average molecular weight is 373 g/mol. The van der Waals surface area contributed by atoms with Gasteiger partial charge >= 0.3 is 0 Å². The lowest BCUT2D eigenvalue weighted by atomic mass is 9.98. The Labute approximate surface area is 137 Å². The van der Waals surface area contributed by atoms with Crippen LogP contribution in [0.5, 0.6) is 5.75 Å². The molecule has 2 rings (SSSR count). The van der Waals surface area contributed by atoms with Crippen LogP contribution in [0.1, 0.15) is 24.1 Å². The first kappa shape index (κ1) is 16.3. The summed E-state index contributed by atoms with van der Waals surface area (Å²) >= 11 is 9.67. The van der Waals surface area contributed by atoms with Gasteiger partial charge in [-0.2, -0.15) is 0 Å². The molecule has 0 saturated carbocycles. The molecule has 2 aromatic carbocycles. The van der Waals surface area contributed by atoms with Gasteiger partial charge in [0, 0.05) is 5.02 Å². The fourth-order valence-corrected chi connectivity index (χ4v) is 2.98. The van der Waals surface area contributed by atoms with Crippen LogP contribution in [0.15, 0.2) is 40.9 Å². The Morgan fingerprint density at radius 1 is 1.29 bits per heavy atom. The number of halogens is 3. The maximum atomic E-state index is 13.8. The van der Waals surface area contributed by atoms with Gasteiger partial charge in [0.15, 0.2) is 0 Å². The number of hydrogen-bond donors (Lipinski definition) is 1. The van der Waals surface area contributed by atoms with Crippen LogP contribution in [-0.2, 0) is 0 Å². The van der Waals surface area contributed by atoms with Gasteiger partial charge < -0.3 is 10.1 Å². The Hall–Kier alpha value is -1.10. The van der Waals surface area contributed by atoms with Crippen molar-refractivity contribution in [1.29, 1.82) is 0 Å². The number of nitrogens with one attached hydrogen (secondary N) is 1. The van der Waals surface area contributed by atoms with E-state index in [1.165, 1.54) is 6.07 Å². The van der Waals surface area contributed by atoms with Crippen molar-refractivity contribution in [2.45, 2.75) is 13.0 Å². The van der Waals surface area contributed by atoms with Gasteiger partial charge in [-0.05, 0) is 51.8 Å². The van der Waals surface area contributed by atoms with Crippen LogP contribution >= 0.6 is 27.5 Å². The van der Waals surface area contributed by atoms with E-state index in [1.54, 1.807) is 19.2 Å². The molecule has 0 aliphatic carbocycles. The third kappa shape index (κ3) is 3.57. The summed E-state index contributed by atoms with van der Waals surface area (Å²) in [6.07, 6.45) is 0. The normalized spacial score (nSPS) is 12.2. The van der Waals surface area contributed by atoms with Crippen molar-refractivity contribution in [3.63, 3.8) is 0 Å². The van der Waals surface area contributed by atoms with Gasteiger partial charge in [-0.25, -0.2) is 4.39 Å². The summed E-state index contributed by atoms with van der Waals surface area (Å²) in [4.78, 5) is 0. The van der Waals surface area contributed by atoms with Crippen LogP contribution in [0.25, 0.3) is 0 Å². The molecule has 0 radical (unpaired) electrons. The first-order valence-corrected chi connectivity index (χ1v) is 7.76. The quantitative estimate of drug-likeness (QED) is 0.802. The maximum Gasteiger partial charge on any atom is 0.137 e. The molecule has 2 aromatic rings. The highest BCUT2D eigenvalue weighted by Crippen LogP contribution is 2.35. The van der Waals surface area contributed by atoms with Crippen molar-refractivity contribution in [1.82, 2.24) is 5.32 Å². The fourth-order valence-electron chi connectivity index (χ4n) is 2.20. The summed E-state index contributed by atoms with van der Waals surface area (Å²) in [5.41, 5.74) is 1.69. The van der Waals surface area contributed by atoms with Crippen molar-refractivity contribution in [3.8, 4) is 5.75 Å². The summed E-state index contributed by atoms with van der Waals surface area (Å²) in [5, 5.41) is 3.92. The molecule has 0 heterocycles. The van der Waals surface area contributed by atoms with E-state index in [9.17, 15) is 4.39 Å². The Kier molecular flexibility index (Phi) is 5.62. The van der Waals surface area contributed by atoms with Gasteiger partial charge in [-0.3, -0.25) is 0 Å². The van der Waals surface area contributed by atoms with E-state index in [0.717, 1.165) is 17.7 Å². The molecule has 5 heteroatoms. The molecule has 0 amide bonds. The van der Waals surface area contributed by atoms with Crippen molar-refractivity contribution < 1.29 is 9.13 Å². The summed E-state index contributed by atoms with van der Waals surface area (Å²) in [7, 11) is 1.59. The molecule has 0 saturated heterocycles. The zero-order valence-corrected chi connectivity index (χ0v) is 14.1. The summed E-state index contributed by atoms with van der Waals surface area (Å²) in [6, 6.07) is 10.3. The fraction of sp³-hybridized carbons (Fsp3) is 0.250. The minimum atomic E-state index is -0.292. The van der Waals surface area contributed by atoms with Crippen molar-refractivity contribution in [2.24, 2.45) is 0 Å².